The maximum Gasteiger partial charge on any atom is 0.347 e. The summed E-state index contributed by atoms with van der Waals surface area (Å²) in [5.74, 6) is -1.82. The maximum absolute atomic E-state index is 12.4. The zero-order chi connectivity index (χ0) is 18.3. The summed E-state index contributed by atoms with van der Waals surface area (Å²) in [5, 5.41) is 2.67. The molecule has 1 amide bonds. The van der Waals surface area contributed by atoms with E-state index in [1.165, 1.54) is 7.11 Å². The number of esters is 2. The van der Waals surface area contributed by atoms with Crippen LogP contribution in [0.2, 0.25) is 0 Å². The third-order valence-corrected chi connectivity index (χ3v) is 3.61. The number of hydrogen-bond donors (Lipinski definition) is 1. The highest BCUT2D eigenvalue weighted by Gasteiger charge is 2.30. The Hall–Kier alpha value is -2.37. The predicted octanol–water partition coefficient (Wildman–Crippen LogP) is 2.24. The van der Waals surface area contributed by atoms with Gasteiger partial charge in [0.05, 0.1) is 7.11 Å². The SMILES string of the molecule is CCC(OC(=O)[C@@H](NC(=O)c1ccc(C)cc1)C(C)C)C(=O)OC. The van der Waals surface area contributed by atoms with Gasteiger partial charge in [0, 0.05) is 5.56 Å². The Kier molecular flexibility index (Phi) is 7.42. The van der Waals surface area contributed by atoms with Gasteiger partial charge in [-0.1, -0.05) is 38.5 Å². The number of rotatable bonds is 7. The minimum Gasteiger partial charge on any atom is -0.466 e. The van der Waals surface area contributed by atoms with Gasteiger partial charge in [0.15, 0.2) is 6.10 Å². The highest BCUT2D eigenvalue weighted by Crippen LogP contribution is 2.11. The molecule has 24 heavy (non-hydrogen) atoms. The highest BCUT2D eigenvalue weighted by atomic mass is 16.6. The molecule has 1 N–H and O–H groups in total. The third kappa shape index (κ3) is 5.37. The highest BCUT2D eigenvalue weighted by molar-refractivity contribution is 5.97. The number of carbonyl (C=O) groups is 3. The standard InChI is InChI=1S/C18H25NO5/c1-6-14(17(21)23-5)24-18(22)15(11(2)3)19-16(20)13-9-7-12(4)8-10-13/h7-11,14-15H,6H2,1-5H3,(H,19,20)/t14?,15-/m0/s1. The monoisotopic (exact) mass is 335 g/mol. The first-order valence-corrected chi connectivity index (χ1v) is 7.96. The van der Waals surface area contributed by atoms with Crippen LogP contribution < -0.4 is 5.32 Å². The van der Waals surface area contributed by atoms with Crippen molar-refractivity contribution in [3.8, 4) is 0 Å². The summed E-state index contributed by atoms with van der Waals surface area (Å²) in [6.07, 6.45) is -0.671. The fourth-order valence-corrected chi connectivity index (χ4v) is 2.07. The second-order valence-electron chi connectivity index (χ2n) is 5.92. The van der Waals surface area contributed by atoms with Crippen LogP contribution >= 0.6 is 0 Å². The second kappa shape index (κ2) is 9.05. The number of aryl methyl sites for hydroxylation is 1. The van der Waals surface area contributed by atoms with Crippen LogP contribution in [0.15, 0.2) is 24.3 Å². The fraction of sp³-hybridized carbons (Fsp3) is 0.500. The van der Waals surface area contributed by atoms with Gasteiger partial charge in [-0.15, -0.1) is 0 Å². The van der Waals surface area contributed by atoms with Crippen LogP contribution in [0.3, 0.4) is 0 Å². The number of ether oxygens (including phenoxy) is 2. The molecule has 1 unspecified atom stereocenters. The Bertz CT molecular complexity index is 580. The quantitative estimate of drug-likeness (QED) is 0.773. The molecule has 0 heterocycles. The molecule has 0 aliphatic heterocycles. The van der Waals surface area contributed by atoms with Crippen molar-refractivity contribution in [2.45, 2.75) is 46.3 Å². The van der Waals surface area contributed by atoms with Gasteiger partial charge in [-0.25, -0.2) is 9.59 Å². The lowest BCUT2D eigenvalue weighted by atomic mass is 10.0. The molecule has 6 heteroatoms. The molecule has 1 rings (SSSR count). The summed E-state index contributed by atoms with van der Waals surface area (Å²) < 4.78 is 9.81. The Morgan fingerprint density at radius 2 is 1.67 bits per heavy atom. The van der Waals surface area contributed by atoms with Crippen LogP contribution in [0.4, 0.5) is 0 Å². The van der Waals surface area contributed by atoms with Crippen LogP contribution in [-0.2, 0) is 19.1 Å². The summed E-state index contributed by atoms with van der Waals surface area (Å²) >= 11 is 0. The van der Waals surface area contributed by atoms with E-state index in [2.05, 4.69) is 10.1 Å². The summed E-state index contributed by atoms with van der Waals surface area (Å²) in [6.45, 7) is 7.22. The number of carbonyl (C=O) groups excluding carboxylic acids is 3. The largest absolute Gasteiger partial charge is 0.466 e. The van der Waals surface area contributed by atoms with Crippen molar-refractivity contribution in [3.63, 3.8) is 0 Å². The van der Waals surface area contributed by atoms with Gasteiger partial charge in [0.25, 0.3) is 5.91 Å². The van der Waals surface area contributed by atoms with Crippen LogP contribution in [0.25, 0.3) is 0 Å². The van der Waals surface area contributed by atoms with E-state index in [1.807, 2.05) is 19.1 Å². The van der Waals surface area contributed by atoms with Crippen molar-refractivity contribution >= 4 is 17.8 Å². The Morgan fingerprint density at radius 1 is 1.08 bits per heavy atom. The lowest BCUT2D eigenvalue weighted by molar-refractivity contribution is -0.168. The van der Waals surface area contributed by atoms with Crippen molar-refractivity contribution in [1.29, 1.82) is 0 Å². The fourth-order valence-electron chi connectivity index (χ4n) is 2.07. The molecule has 0 fully saturated rings. The van der Waals surface area contributed by atoms with Crippen LogP contribution in [-0.4, -0.2) is 37.1 Å². The lowest BCUT2D eigenvalue weighted by Crippen LogP contribution is -2.47. The predicted molar refractivity (Wildman–Crippen MR) is 89.5 cm³/mol. The molecule has 0 saturated heterocycles. The molecule has 1 aromatic carbocycles. The zero-order valence-corrected chi connectivity index (χ0v) is 14.8. The molecule has 2 atom stereocenters. The molecule has 0 bridgehead atoms. The molecule has 132 valence electrons. The molecule has 1 aromatic rings. The third-order valence-electron chi connectivity index (χ3n) is 3.61. The van der Waals surface area contributed by atoms with Crippen LogP contribution in [0.1, 0.15) is 43.1 Å². The second-order valence-corrected chi connectivity index (χ2v) is 5.92. The van der Waals surface area contributed by atoms with Crippen LogP contribution in [0.5, 0.6) is 0 Å². The lowest BCUT2D eigenvalue weighted by Gasteiger charge is -2.23. The van der Waals surface area contributed by atoms with Gasteiger partial charge in [-0.2, -0.15) is 0 Å². The molecule has 6 nitrogen and oxygen atoms in total. The Morgan fingerprint density at radius 3 is 2.12 bits per heavy atom. The summed E-state index contributed by atoms with van der Waals surface area (Å²) in [4.78, 5) is 36.2. The summed E-state index contributed by atoms with van der Waals surface area (Å²) in [5.41, 5.74) is 1.49. The number of nitrogens with one attached hydrogen (secondary N) is 1. The van der Waals surface area contributed by atoms with Gasteiger partial charge in [-0.3, -0.25) is 4.79 Å². The zero-order valence-electron chi connectivity index (χ0n) is 14.8. The smallest absolute Gasteiger partial charge is 0.347 e. The van der Waals surface area contributed by atoms with Crippen molar-refractivity contribution in [3.05, 3.63) is 35.4 Å². The average Bonchev–Trinajstić information content (AvgIpc) is 2.56. The topological polar surface area (TPSA) is 81.7 Å². The number of methoxy groups -OCH3 is 1. The van der Waals surface area contributed by atoms with Crippen LogP contribution in [0, 0.1) is 12.8 Å². The van der Waals surface area contributed by atoms with Gasteiger partial charge in [-0.05, 0) is 31.4 Å². The molecule has 0 aliphatic carbocycles. The first kappa shape index (κ1) is 19.7. The minimum absolute atomic E-state index is 0.193. The normalized spacial score (nSPS) is 13.1. The van der Waals surface area contributed by atoms with Gasteiger partial charge in [0.1, 0.15) is 6.04 Å². The average molecular weight is 335 g/mol. The first-order valence-electron chi connectivity index (χ1n) is 7.96. The van der Waals surface area contributed by atoms with Crippen molar-refractivity contribution in [2.24, 2.45) is 5.92 Å². The molecule has 0 saturated carbocycles. The van der Waals surface area contributed by atoms with Crippen molar-refractivity contribution < 1.29 is 23.9 Å². The van der Waals surface area contributed by atoms with E-state index in [0.717, 1.165) is 5.56 Å². The maximum atomic E-state index is 12.4. The molecular formula is C18H25NO5. The minimum atomic E-state index is -0.972. The van der Waals surface area contributed by atoms with E-state index in [9.17, 15) is 14.4 Å². The Balaban J connectivity index is 2.82. The molecular weight excluding hydrogens is 310 g/mol. The van der Waals surface area contributed by atoms with E-state index >= 15 is 0 Å². The van der Waals surface area contributed by atoms with E-state index in [1.54, 1.807) is 32.9 Å². The first-order chi connectivity index (χ1) is 11.3. The van der Waals surface area contributed by atoms with Gasteiger partial charge >= 0.3 is 11.9 Å². The molecule has 0 aliphatic rings. The number of hydrogen-bond acceptors (Lipinski definition) is 5. The Labute approximate surface area is 142 Å². The van der Waals surface area contributed by atoms with E-state index in [-0.39, 0.29) is 11.8 Å². The summed E-state index contributed by atoms with van der Waals surface area (Å²) in [6, 6.07) is 6.18. The number of benzene rings is 1. The molecule has 0 spiro atoms. The van der Waals surface area contributed by atoms with Crippen molar-refractivity contribution in [1.82, 2.24) is 5.32 Å². The summed E-state index contributed by atoms with van der Waals surface area (Å²) in [7, 11) is 1.23. The number of amides is 1. The van der Waals surface area contributed by atoms with Gasteiger partial charge < -0.3 is 14.8 Å². The molecule has 0 aromatic heterocycles. The van der Waals surface area contributed by atoms with E-state index in [4.69, 9.17) is 4.74 Å². The van der Waals surface area contributed by atoms with E-state index in [0.29, 0.717) is 12.0 Å². The van der Waals surface area contributed by atoms with Crippen molar-refractivity contribution in [2.75, 3.05) is 7.11 Å². The van der Waals surface area contributed by atoms with E-state index < -0.39 is 24.1 Å². The molecule has 0 radical (unpaired) electrons. The van der Waals surface area contributed by atoms with Gasteiger partial charge in [0.2, 0.25) is 0 Å².